The normalized spacial score (nSPS) is 11.8. The first-order valence-corrected chi connectivity index (χ1v) is 8.90. The summed E-state index contributed by atoms with van der Waals surface area (Å²) in [4.78, 5) is 24.7. The van der Waals surface area contributed by atoms with Crippen LogP contribution < -0.4 is 20.7 Å². The van der Waals surface area contributed by atoms with Crippen molar-refractivity contribution in [3.8, 4) is 11.5 Å². The number of fused-ring (bicyclic) bond motifs is 2. The summed E-state index contributed by atoms with van der Waals surface area (Å²) in [5.41, 5.74) is 2.02. The number of carbonyl (C=O) groups excluding carboxylic acids is 2. The van der Waals surface area contributed by atoms with Crippen molar-refractivity contribution < 1.29 is 14.3 Å². The molecular formula is C21H15N3O3S. The van der Waals surface area contributed by atoms with Crippen LogP contribution >= 0.6 is 12.2 Å². The Labute approximate surface area is 166 Å². The summed E-state index contributed by atoms with van der Waals surface area (Å²) in [6, 6.07) is 21.0. The number of benzene rings is 3. The molecule has 0 saturated carbocycles. The highest BCUT2D eigenvalue weighted by atomic mass is 32.1. The fraction of sp³-hybridized carbons (Fsp3) is 0. The minimum absolute atomic E-state index is 0.132. The Balaban J connectivity index is 1.50. The van der Waals surface area contributed by atoms with E-state index in [1.165, 1.54) is 0 Å². The number of para-hydroxylation sites is 2. The van der Waals surface area contributed by atoms with E-state index in [0.717, 1.165) is 0 Å². The molecule has 2 amide bonds. The van der Waals surface area contributed by atoms with E-state index in [0.29, 0.717) is 34.0 Å². The van der Waals surface area contributed by atoms with Crippen molar-refractivity contribution in [3.05, 3.63) is 83.9 Å². The Morgan fingerprint density at radius 2 is 1.68 bits per heavy atom. The van der Waals surface area contributed by atoms with Crippen molar-refractivity contribution in [2.45, 2.75) is 0 Å². The van der Waals surface area contributed by atoms with Crippen LogP contribution in [0.4, 0.5) is 11.4 Å². The van der Waals surface area contributed by atoms with Crippen molar-refractivity contribution in [2.75, 3.05) is 10.6 Å². The van der Waals surface area contributed by atoms with Crippen molar-refractivity contribution in [3.63, 3.8) is 0 Å². The van der Waals surface area contributed by atoms with Gasteiger partial charge >= 0.3 is 0 Å². The molecule has 7 heteroatoms. The molecule has 3 N–H and O–H groups in total. The lowest BCUT2D eigenvalue weighted by atomic mass is 10.1. The summed E-state index contributed by atoms with van der Waals surface area (Å²) in [6.45, 7) is 0. The molecule has 0 spiro atoms. The van der Waals surface area contributed by atoms with E-state index >= 15 is 0 Å². The van der Waals surface area contributed by atoms with Gasteiger partial charge in [-0.3, -0.25) is 14.9 Å². The summed E-state index contributed by atoms with van der Waals surface area (Å²) < 4.78 is 5.84. The Morgan fingerprint density at radius 3 is 2.50 bits per heavy atom. The molecule has 1 aliphatic heterocycles. The van der Waals surface area contributed by atoms with E-state index < -0.39 is 0 Å². The summed E-state index contributed by atoms with van der Waals surface area (Å²) in [5, 5.41) is 8.48. The predicted molar refractivity (Wildman–Crippen MR) is 111 cm³/mol. The maximum atomic E-state index is 12.5. The first-order chi connectivity index (χ1) is 13.6. The molecule has 4 rings (SSSR count). The van der Waals surface area contributed by atoms with E-state index in [-0.39, 0.29) is 16.9 Å². The lowest BCUT2D eigenvalue weighted by molar-refractivity contribution is 0.0976. The second kappa shape index (κ2) is 7.50. The molecule has 0 radical (unpaired) electrons. The highest BCUT2D eigenvalue weighted by Crippen LogP contribution is 2.36. The van der Waals surface area contributed by atoms with Gasteiger partial charge in [-0.25, -0.2) is 0 Å². The maximum absolute atomic E-state index is 12.5. The average Bonchev–Trinajstić information content (AvgIpc) is 2.84. The van der Waals surface area contributed by atoms with Gasteiger partial charge in [-0.15, -0.1) is 0 Å². The van der Waals surface area contributed by atoms with Crippen LogP contribution in [0.15, 0.2) is 72.8 Å². The quantitative estimate of drug-likeness (QED) is 0.573. The molecule has 1 aliphatic rings. The van der Waals surface area contributed by atoms with Crippen molar-refractivity contribution >= 4 is 40.5 Å². The fourth-order valence-corrected chi connectivity index (χ4v) is 2.98. The standard InChI is InChI=1S/C21H15N3O3S/c25-19(13-6-2-1-3-7-13)24-21(28)22-14-10-11-17-15(12-14)20(26)23-16-8-4-5-9-18(16)27-17/h1-12H,(H,23,26)(H2,22,24,25,28). The van der Waals surface area contributed by atoms with Crippen molar-refractivity contribution in [1.29, 1.82) is 0 Å². The molecular weight excluding hydrogens is 374 g/mol. The van der Waals surface area contributed by atoms with Gasteiger partial charge in [0.2, 0.25) is 0 Å². The third-order valence-electron chi connectivity index (χ3n) is 4.10. The van der Waals surface area contributed by atoms with Crippen LogP contribution in [0.2, 0.25) is 0 Å². The monoisotopic (exact) mass is 389 g/mol. The van der Waals surface area contributed by atoms with Gasteiger partial charge in [0.1, 0.15) is 5.75 Å². The minimum atomic E-state index is -0.315. The molecule has 28 heavy (non-hydrogen) atoms. The van der Waals surface area contributed by atoms with Crippen LogP contribution in [-0.4, -0.2) is 16.9 Å². The van der Waals surface area contributed by atoms with Crippen molar-refractivity contribution in [1.82, 2.24) is 5.32 Å². The third kappa shape index (κ3) is 3.70. The highest BCUT2D eigenvalue weighted by molar-refractivity contribution is 7.80. The second-order valence-electron chi connectivity index (χ2n) is 6.04. The second-order valence-corrected chi connectivity index (χ2v) is 6.45. The SMILES string of the molecule is O=C(NC(=S)Nc1ccc2c(c1)C(=O)Nc1ccccc1O2)c1ccccc1. The lowest BCUT2D eigenvalue weighted by Crippen LogP contribution is -2.34. The maximum Gasteiger partial charge on any atom is 0.259 e. The van der Waals surface area contributed by atoms with Gasteiger partial charge in [-0.05, 0) is 54.7 Å². The molecule has 0 bridgehead atoms. The number of hydrogen-bond acceptors (Lipinski definition) is 4. The first-order valence-electron chi connectivity index (χ1n) is 8.50. The third-order valence-corrected chi connectivity index (χ3v) is 4.30. The number of amides is 2. The summed E-state index contributed by atoms with van der Waals surface area (Å²) in [5.74, 6) is 0.403. The lowest BCUT2D eigenvalue weighted by Gasteiger charge is -2.12. The Hall–Kier alpha value is -3.71. The number of carbonyl (C=O) groups is 2. The number of anilines is 2. The molecule has 0 saturated heterocycles. The largest absolute Gasteiger partial charge is 0.454 e. The molecule has 3 aromatic rings. The number of hydrogen-bond donors (Lipinski definition) is 3. The number of rotatable bonds is 2. The zero-order valence-corrected chi connectivity index (χ0v) is 15.4. The molecule has 138 valence electrons. The van der Waals surface area contributed by atoms with Gasteiger partial charge in [0.25, 0.3) is 11.8 Å². The molecule has 6 nitrogen and oxygen atoms in total. The Bertz CT molecular complexity index is 1080. The summed E-state index contributed by atoms with van der Waals surface area (Å²) in [7, 11) is 0. The number of nitrogens with one attached hydrogen (secondary N) is 3. The van der Waals surface area contributed by atoms with Gasteiger partial charge in [-0.2, -0.15) is 0 Å². The van der Waals surface area contributed by atoms with Crippen LogP contribution in [0.1, 0.15) is 20.7 Å². The average molecular weight is 389 g/mol. The molecule has 0 fully saturated rings. The van der Waals surface area contributed by atoms with E-state index in [1.807, 2.05) is 18.2 Å². The molecule has 0 atom stereocenters. The van der Waals surface area contributed by atoms with E-state index in [2.05, 4.69) is 16.0 Å². The van der Waals surface area contributed by atoms with Gasteiger partial charge in [0.15, 0.2) is 10.9 Å². The van der Waals surface area contributed by atoms with Crippen LogP contribution in [0.25, 0.3) is 0 Å². The Morgan fingerprint density at radius 1 is 0.929 bits per heavy atom. The zero-order valence-electron chi connectivity index (χ0n) is 14.6. The van der Waals surface area contributed by atoms with Crippen molar-refractivity contribution in [2.24, 2.45) is 0 Å². The van der Waals surface area contributed by atoms with Gasteiger partial charge in [0, 0.05) is 11.3 Å². The molecule has 0 aromatic heterocycles. The minimum Gasteiger partial charge on any atom is -0.454 e. The van der Waals surface area contributed by atoms with Crippen LogP contribution in [-0.2, 0) is 0 Å². The smallest absolute Gasteiger partial charge is 0.259 e. The predicted octanol–water partition coefficient (Wildman–Crippen LogP) is 4.17. The van der Waals surface area contributed by atoms with Crippen LogP contribution in [0.5, 0.6) is 11.5 Å². The topological polar surface area (TPSA) is 79.5 Å². The van der Waals surface area contributed by atoms with Crippen LogP contribution in [0.3, 0.4) is 0 Å². The summed E-state index contributed by atoms with van der Waals surface area (Å²) >= 11 is 5.21. The zero-order chi connectivity index (χ0) is 19.5. The molecule has 0 unspecified atom stereocenters. The fourth-order valence-electron chi connectivity index (χ4n) is 2.77. The Kier molecular flexibility index (Phi) is 4.74. The highest BCUT2D eigenvalue weighted by Gasteiger charge is 2.21. The van der Waals surface area contributed by atoms with E-state index in [4.69, 9.17) is 17.0 Å². The van der Waals surface area contributed by atoms with E-state index in [9.17, 15) is 9.59 Å². The van der Waals surface area contributed by atoms with E-state index in [1.54, 1.807) is 54.6 Å². The van der Waals surface area contributed by atoms with Crippen LogP contribution in [0, 0.1) is 0 Å². The molecule has 3 aromatic carbocycles. The summed E-state index contributed by atoms with van der Waals surface area (Å²) in [6.07, 6.45) is 0. The van der Waals surface area contributed by atoms with Gasteiger partial charge in [0.05, 0.1) is 11.3 Å². The van der Waals surface area contributed by atoms with Gasteiger partial charge < -0.3 is 15.4 Å². The molecule has 0 aliphatic carbocycles. The number of thiocarbonyl (C=S) groups is 1. The first kappa shape index (κ1) is 17.7. The number of ether oxygens (including phenoxy) is 1. The van der Waals surface area contributed by atoms with Gasteiger partial charge in [-0.1, -0.05) is 30.3 Å². The molecule has 1 heterocycles.